The van der Waals surface area contributed by atoms with Crippen molar-refractivity contribution in [2.24, 2.45) is 0 Å². The lowest BCUT2D eigenvalue weighted by Crippen LogP contribution is -2.19. The standard InChI is InChI=1S/C7H13NO2.CH4O3S/c1-4-7(9)10-6-5-8(2)3;1-5(2,3)4/h4H,1,5-6H2,2-3H3;1H3,(H,2,3,4). The normalized spacial score (nSPS) is 10.2. The van der Waals surface area contributed by atoms with Crippen molar-refractivity contribution in [2.45, 2.75) is 0 Å². The minimum Gasteiger partial charge on any atom is -0.461 e. The summed E-state index contributed by atoms with van der Waals surface area (Å²) in [6, 6.07) is 0. The summed E-state index contributed by atoms with van der Waals surface area (Å²) in [7, 11) is 0.170. The summed E-state index contributed by atoms with van der Waals surface area (Å²) >= 11 is 0. The van der Waals surface area contributed by atoms with E-state index in [1.54, 1.807) is 0 Å². The van der Waals surface area contributed by atoms with Gasteiger partial charge in [0.1, 0.15) is 6.61 Å². The van der Waals surface area contributed by atoms with Crippen molar-refractivity contribution < 1.29 is 22.5 Å². The molecule has 0 aromatic rings. The van der Waals surface area contributed by atoms with E-state index in [-0.39, 0.29) is 5.97 Å². The molecule has 0 radical (unpaired) electrons. The van der Waals surface area contributed by atoms with Crippen LogP contribution in [0, 0.1) is 0 Å². The molecule has 0 atom stereocenters. The van der Waals surface area contributed by atoms with Gasteiger partial charge in [0.15, 0.2) is 0 Å². The summed E-state index contributed by atoms with van der Waals surface area (Å²) in [6.45, 7) is 4.45. The van der Waals surface area contributed by atoms with Crippen LogP contribution in [0.15, 0.2) is 12.7 Å². The van der Waals surface area contributed by atoms with Gasteiger partial charge in [0, 0.05) is 12.6 Å². The third kappa shape index (κ3) is 32.0. The Morgan fingerprint density at radius 2 is 1.93 bits per heavy atom. The fourth-order valence-corrected chi connectivity index (χ4v) is 0.388. The molecule has 0 bridgehead atoms. The predicted octanol–water partition coefficient (Wildman–Crippen LogP) is -0.219. The molecule has 7 heteroatoms. The molecule has 1 N–H and O–H groups in total. The highest BCUT2D eigenvalue weighted by molar-refractivity contribution is 7.85. The third-order valence-electron chi connectivity index (χ3n) is 0.949. The van der Waals surface area contributed by atoms with Crippen LogP contribution in [0.25, 0.3) is 0 Å². The number of likely N-dealkylation sites (N-methyl/N-ethyl adjacent to an activating group) is 1. The molecule has 0 spiro atoms. The molecule has 0 fully saturated rings. The van der Waals surface area contributed by atoms with Gasteiger partial charge in [-0.2, -0.15) is 8.42 Å². The van der Waals surface area contributed by atoms with Crippen molar-refractivity contribution in [1.29, 1.82) is 0 Å². The maximum Gasteiger partial charge on any atom is 0.330 e. The molecule has 0 aliphatic carbocycles. The monoisotopic (exact) mass is 239 g/mol. The Labute approximate surface area is 90.3 Å². The molecule has 0 aromatic carbocycles. The SMILES string of the molecule is C=CC(=O)OCCN(C)C.CS(=O)(=O)O. The van der Waals surface area contributed by atoms with Crippen LogP contribution in [-0.2, 0) is 19.6 Å². The van der Waals surface area contributed by atoms with E-state index < -0.39 is 10.1 Å². The van der Waals surface area contributed by atoms with Crippen LogP contribution in [-0.4, -0.2) is 57.3 Å². The molecule has 15 heavy (non-hydrogen) atoms. The van der Waals surface area contributed by atoms with Gasteiger partial charge in [0.05, 0.1) is 6.26 Å². The zero-order valence-electron chi connectivity index (χ0n) is 9.13. The summed E-state index contributed by atoms with van der Waals surface area (Å²) < 4.78 is 30.6. The number of carbonyl (C=O) groups excluding carboxylic acids is 1. The lowest BCUT2D eigenvalue weighted by atomic mass is 10.6. The van der Waals surface area contributed by atoms with Crippen molar-refractivity contribution in [3.8, 4) is 0 Å². The largest absolute Gasteiger partial charge is 0.461 e. The van der Waals surface area contributed by atoms with Gasteiger partial charge in [-0.15, -0.1) is 0 Å². The molecule has 6 nitrogen and oxygen atoms in total. The van der Waals surface area contributed by atoms with Crippen molar-refractivity contribution in [3.63, 3.8) is 0 Å². The Morgan fingerprint density at radius 1 is 1.53 bits per heavy atom. The lowest BCUT2D eigenvalue weighted by molar-refractivity contribution is -0.137. The topological polar surface area (TPSA) is 83.9 Å². The van der Waals surface area contributed by atoms with Crippen LogP contribution in [0.2, 0.25) is 0 Å². The van der Waals surface area contributed by atoms with Crippen molar-refractivity contribution in [3.05, 3.63) is 12.7 Å². The fourth-order valence-electron chi connectivity index (χ4n) is 0.388. The van der Waals surface area contributed by atoms with E-state index >= 15 is 0 Å². The van der Waals surface area contributed by atoms with Crippen LogP contribution >= 0.6 is 0 Å². The van der Waals surface area contributed by atoms with E-state index in [1.165, 1.54) is 0 Å². The molecule has 0 aliphatic rings. The molecule has 0 aliphatic heterocycles. The highest BCUT2D eigenvalue weighted by atomic mass is 32.2. The zero-order chi connectivity index (χ0) is 12.5. The highest BCUT2D eigenvalue weighted by Crippen LogP contribution is 1.80. The van der Waals surface area contributed by atoms with Crippen LogP contribution in [0.4, 0.5) is 0 Å². The quantitative estimate of drug-likeness (QED) is 0.415. The second kappa shape index (κ2) is 8.39. The van der Waals surface area contributed by atoms with Crippen LogP contribution in [0.1, 0.15) is 0 Å². The molecule has 0 unspecified atom stereocenters. The van der Waals surface area contributed by atoms with Gasteiger partial charge in [-0.3, -0.25) is 4.55 Å². The number of nitrogens with zero attached hydrogens (tertiary/aromatic N) is 1. The van der Waals surface area contributed by atoms with E-state index in [0.29, 0.717) is 12.9 Å². The first-order valence-corrected chi connectivity index (χ1v) is 5.88. The second-order valence-corrected chi connectivity index (χ2v) is 4.37. The van der Waals surface area contributed by atoms with Gasteiger partial charge >= 0.3 is 5.97 Å². The molecule has 0 saturated carbocycles. The summed E-state index contributed by atoms with van der Waals surface area (Å²) in [6.07, 6.45) is 1.88. The summed E-state index contributed by atoms with van der Waals surface area (Å²) in [5.41, 5.74) is 0. The zero-order valence-corrected chi connectivity index (χ0v) is 9.95. The van der Waals surface area contributed by atoms with Gasteiger partial charge in [0.25, 0.3) is 10.1 Å². The van der Waals surface area contributed by atoms with E-state index in [9.17, 15) is 13.2 Å². The molecule has 0 saturated heterocycles. The van der Waals surface area contributed by atoms with Crippen molar-refractivity contribution >= 4 is 16.1 Å². The minimum absolute atomic E-state index is 0.359. The Hall–Kier alpha value is -0.920. The first-order chi connectivity index (χ1) is 6.66. The van der Waals surface area contributed by atoms with Crippen molar-refractivity contribution in [2.75, 3.05) is 33.5 Å². The Bertz CT molecular complexity index is 275. The molecular formula is C8H17NO5S. The predicted molar refractivity (Wildman–Crippen MR) is 57.2 cm³/mol. The van der Waals surface area contributed by atoms with Gasteiger partial charge in [0.2, 0.25) is 0 Å². The number of ether oxygens (including phenoxy) is 1. The third-order valence-corrected chi connectivity index (χ3v) is 0.949. The molecule has 0 heterocycles. The van der Waals surface area contributed by atoms with Crippen LogP contribution in [0.5, 0.6) is 0 Å². The summed E-state index contributed by atoms with van der Waals surface area (Å²) in [4.78, 5) is 12.4. The number of carbonyl (C=O) groups is 1. The van der Waals surface area contributed by atoms with Crippen LogP contribution in [0.3, 0.4) is 0 Å². The van der Waals surface area contributed by atoms with E-state index in [4.69, 9.17) is 9.29 Å². The van der Waals surface area contributed by atoms with E-state index in [2.05, 4.69) is 6.58 Å². The van der Waals surface area contributed by atoms with E-state index in [1.807, 2.05) is 19.0 Å². The van der Waals surface area contributed by atoms with Crippen LogP contribution < -0.4 is 0 Å². The average Bonchev–Trinajstić information content (AvgIpc) is 2.00. The number of hydrogen-bond acceptors (Lipinski definition) is 5. The average molecular weight is 239 g/mol. The Balaban J connectivity index is 0. The molecule has 0 aromatic heterocycles. The Morgan fingerprint density at radius 3 is 2.20 bits per heavy atom. The van der Waals surface area contributed by atoms with Gasteiger partial charge in [-0.05, 0) is 14.1 Å². The van der Waals surface area contributed by atoms with Gasteiger partial charge in [-0.1, -0.05) is 6.58 Å². The highest BCUT2D eigenvalue weighted by Gasteiger charge is 1.94. The fraction of sp³-hybridized carbons (Fsp3) is 0.625. The van der Waals surface area contributed by atoms with Crippen molar-refractivity contribution in [1.82, 2.24) is 4.90 Å². The van der Waals surface area contributed by atoms with Gasteiger partial charge in [-0.25, -0.2) is 4.79 Å². The molecular weight excluding hydrogens is 222 g/mol. The molecule has 0 rings (SSSR count). The molecule has 0 amide bonds. The summed E-state index contributed by atoms with van der Waals surface area (Å²) in [5.74, 6) is -0.359. The van der Waals surface area contributed by atoms with E-state index in [0.717, 1.165) is 12.6 Å². The first kappa shape index (κ1) is 16.5. The Kier molecular flexibility index (Phi) is 9.24. The second-order valence-electron chi connectivity index (χ2n) is 2.91. The lowest BCUT2D eigenvalue weighted by Gasteiger charge is -2.07. The smallest absolute Gasteiger partial charge is 0.330 e. The minimum atomic E-state index is -3.67. The number of rotatable bonds is 4. The summed E-state index contributed by atoms with van der Waals surface area (Å²) in [5, 5.41) is 0. The first-order valence-electron chi connectivity index (χ1n) is 4.03. The maximum absolute atomic E-state index is 10.4. The maximum atomic E-state index is 10.4. The number of esters is 1. The van der Waals surface area contributed by atoms with Gasteiger partial charge < -0.3 is 9.64 Å². The molecule has 90 valence electrons. The number of hydrogen-bond donors (Lipinski definition) is 1.